The van der Waals surface area contributed by atoms with Gasteiger partial charge in [-0.25, -0.2) is 4.98 Å². The fourth-order valence-corrected chi connectivity index (χ4v) is 1.22. The van der Waals surface area contributed by atoms with Crippen LogP contribution >= 0.6 is 0 Å². The molecule has 0 saturated heterocycles. The van der Waals surface area contributed by atoms with E-state index in [0.29, 0.717) is 0 Å². The minimum Gasteiger partial charge on any atom is -1.00 e. The quantitative estimate of drug-likeness (QED) is 0.612. The molecule has 0 aliphatic heterocycles. The minimum atomic E-state index is 0. The molecule has 0 radical (unpaired) electrons. The lowest BCUT2D eigenvalue weighted by molar-refractivity contribution is -0.00000294. The van der Waals surface area contributed by atoms with Crippen LogP contribution in [0.2, 0.25) is 0 Å². The monoisotopic (exact) mass is 305 g/mol. The van der Waals surface area contributed by atoms with Crippen molar-refractivity contribution in [3.63, 3.8) is 0 Å². The predicted molar refractivity (Wildman–Crippen MR) is 57.0 cm³/mol. The van der Waals surface area contributed by atoms with Crippen molar-refractivity contribution in [1.29, 1.82) is 0 Å². The first-order chi connectivity index (χ1) is 6.33. The summed E-state index contributed by atoms with van der Waals surface area (Å²) in [5.41, 5.74) is 1.26. The first kappa shape index (κ1) is 13.7. The van der Waals surface area contributed by atoms with Crippen LogP contribution < -0.4 is 29.3 Å². The highest BCUT2D eigenvalue weighted by molar-refractivity contribution is 5.36. The second kappa shape index (κ2) is 8.03. The zero-order chi connectivity index (χ0) is 9.52. The molecule has 14 heavy (non-hydrogen) atoms. The highest BCUT2D eigenvalue weighted by atomic mass is 127. The van der Waals surface area contributed by atoms with Crippen LogP contribution in [-0.2, 0) is 0 Å². The molecule has 1 aromatic rings. The Morgan fingerprint density at radius 3 is 2.79 bits per heavy atom. The Kier molecular flexibility index (Phi) is 7.84. The van der Waals surface area contributed by atoms with Gasteiger partial charge < -0.3 is 29.3 Å². The third-order valence-corrected chi connectivity index (χ3v) is 2.00. The minimum absolute atomic E-state index is 0. The highest BCUT2D eigenvalue weighted by Crippen LogP contribution is 2.05. The van der Waals surface area contributed by atoms with Crippen molar-refractivity contribution in [3.8, 4) is 0 Å². The van der Waals surface area contributed by atoms with Crippen LogP contribution in [0.25, 0.3) is 0 Å². The van der Waals surface area contributed by atoms with Crippen molar-refractivity contribution in [1.82, 2.24) is 4.98 Å². The third-order valence-electron chi connectivity index (χ3n) is 2.00. The summed E-state index contributed by atoms with van der Waals surface area (Å²) in [5.74, 6) is 0.996. The topological polar surface area (TPSA) is 24.9 Å². The van der Waals surface area contributed by atoms with Crippen molar-refractivity contribution in [2.45, 2.75) is 33.1 Å². The molecule has 3 heteroatoms. The van der Waals surface area contributed by atoms with Crippen molar-refractivity contribution in [2.75, 3.05) is 11.9 Å². The van der Waals surface area contributed by atoms with Gasteiger partial charge in [0.2, 0.25) is 0 Å². The third kappa shape index (κ3) is 5.42. The molecule has 0 fully saturated rings. The Balaban J connectivity index is 0.00000169. The van der Waals surface area contributed by atoms with Crippen molar-refractivity contribution in [2.24, 2.45) is 0 Å². The number of nitrogens with zero attached hydrogens (tertiary/aromatic N) is 1. The normalized spacial score (nSPS) is 9.29. The summed E-state index contributed by atoms with van der Waals surface area (Å²) >= 11 is 0. The van der Waals surface area contributed by atoms with E-state index in [0.717, 1.165) is 12.4 Å². The van der Waals surface area contributed by atoms with E-state index in [4.69, 9.17) is 0 Å². The Bertz CT molecular complexity index is 251. The molecule has 0 bridgehead atoms. The summed E-state index contributed by atoms with van der Waals surface area (Å²) < 4.78 is 0. The molecule has 1 heterocycles. The standard InChI is InChI=1S/C11H18N2.HI/c1-3-4-5-7-12-11-9-10(2)6-8-13-11;/h6,8-9H,3-5,7H2,1-2H3,(H,12,13);1H/p-1. The summed E-state index contributed by atoms with van der Waals surface area (Å²) in [5, 5.41) is 3.31. The number of halogens is 1. The molecule has 2 nitrogen and oxygen atoms in total. The summed E-state index contributed by atoms with van der Waals surface area (Å²) in [7, 11) is 0. The maximum atomic E-state index is 4.23. The largest absolute Gasteiger partial charge is 1.00 e. The van der Waals surface area contributed by atoms with Crippen LogP contribution in [0.15, 0.2) is 18.3 Å². The molecule has 80 valence electrons. The summed E-state index contributed by atoms with van der Waals surface area (Å²) in [6.45, 7) is 5.33. The highest BCUT2D eigenvalue weighted by Gasteiger charge is 1.92. The molecule has 0 aliphatic rings. The second-order valence-electron chi connectivity index (χ2n) is 3.35. The van der Waals surface area contributed by atoms with E-state index in [1.165, 1.54) is 24.8 Å². The maximum absolute atomic E-state index is 4.23. The van der Waals surface area contributed by atoms with Crippen LogP contribution in [0.5, 0.6) is 0 Å². The molecule has 1 N–H and O–H groups in total. The van der Waals surface area contributed by atoms with Gasteiger partial charge in [-0.15, -0.1) is 0 Å². The smallest absolute Gasteiger partial charge is 0.126 e. The van der Waals surface area contributed by atoms with Crippen molar-refractivity contribution < 1.29 is 24.0 Å². The van der Waals surface area contributed by atoms with Gasteiger partial charge in [-0.2, -0.15) is 0 Å². The molecule has 0 aliphatic carbocycles. The number of aryl methyl sites for hydroxylation is 1. The van der Waals surface area contributed by atoms with Gasteiger partial charge in [-0.3, -0.25) is 0 Å². The van der Waals surface area contributed by atoms with Crippen LogP contribution in [0, 0.1) is 6.92 Å². The molecule has 0 spiro atoms. The summed E-state index contributed by atoms with van der Waals surface area (Å²) in [6.07, 6.45) is 5.63. The summed E-state index contributed by atoms with van der Waals surface area (Å²) in [6, 6.07) is 4.09. The average Bonchev–Trinajstić information content (AvgIpc) is 2.13. The SMILES string of the molecule is CCCCCNc1cc(C)ccn1.[I-]. The Morgan fingerprint density at radius 2 is 2.14 bits per heavy atom. The molecule has 0 atom stereocenters. The number of nitrogens with one attached hydrogen (secondary N) is 1. The summed E-state index contributed by atoms with van der Waals surface area (Å²) in [4.78, 5) is 4.23. The number of pyridine rings is 1. The van der Waals surface area contributed by atoms with E-state index in [1.807, 2.05) is 12.3 Å². The van der Waals surface area contributed by atoms with Gasteiger partial charge in [0.1, 0.15) is 5.82 Å². The molecular formula is C11H18IN2-. The van der Waals surface area contributed by atoms with Gasteiger partial charge in [-0.1, -0.05) is 19.8 Å². The maximum Gasteiger partial charge on any atom is 0.126 e. The number of hydrogen-bond acceptors (Lipinski definition) is 2. The number of aromatic nitrogens is 1. The lowest BCUT2D eigenvalue weighted by Crippen LogP contribution is -3.00. The van der Waals surface area contributed by atoms with E-state index in [9.17, 15) is 0 Å². The predicted octanol–water partition coefficient (Wildman–Crippen LogP) is -0.00388. The zero-order valence-corrected chi connectivity index (χ0v) is 11.0. The van der Waals surface area contributed by atoms with Gasteiger partial charge in [0, 0.05) is 12.7 Å². The van der Waals surface area contributed by atoms with Crippen LogP contribution in [0.1, 0.15) is 31.7 Å². The molecule has 1 rings (SSSR count). The van der Waals surface area contributed by atoms with Crippen LogP contribution in [-0.4, -0.2) is 11.5 Å². The molecule has 0 saturated carbocycles. The zero-order valence-electron chi connectivity index (χ0n) is 8.89. The number of rotatable bonds is 5. The van der Waals surface area contributed by atoms with Gasteiger partial charge >= 0.3 is 0 Å². The Labute approximate surface area is 104 Å². The number of hydrogen-bond donors (Lipinski definition) is 1. The fraction of sp³-hybridized carbons (Fsp3) is 0.545. The van der Waals surface area contributed by atoms with Crippen molar-refractivity contribution in [3.05, 3.63) is 23.9 Å². The lowest BCUT2D eigenvalue weighted by atomic mass is 10.2. The lowest BCUT2D eigenvalue weighted by Gasteiger charge is -2.04. The van der Waals surface area contributed by atoms with Crippen LogP contribution in [0.3, 0.4) is 0 Å². The van der Waals surface area contributed by atoms with E-state index in [2.05, 4.69) is 30.2 Å². The van der Waals surface area contributed by atoms with Crippen molar-refractivity contribution >= 4 is 5.82 Å². The molecular weight excluding hydrogens is 287 g/mol. The average molecular weight is 305 g/mol. The van der Waals surface area contributed by atoms with Gasteiger partial charge in [0.15, 0.2) is 0 Å². The van der Waals surface area contributed by atoms with Gasteiger partial charge in [0.25, 0.3) is 0 Å². The first-order valence-corrected chi connectivity index (χ1v) is 4.99. The molecule has 1 aromatic heterocycles. The number of anilines is 1. The Morgan fingerprint density at radius 1 is 1.36 bits per heavy atom. The first-order valence-electron chi connectivity index (χ1n) is 4.99. The van der Waals surface area contributed by atoms with Gasteiger partial charge in [-0.05, 0) is 31.0 Å². The molecule has 0 unspecified atom stereocenters. The second-order valence-corrected chi connectivity index (χ2v) is 3.35. The van der Waals surface area contributed by atoms with Crippen LogP contribution in [0.4, 0.5) is 5.82 Å². The fourth-order valence-electron chi connectivity index (χ4n) is 1.22. The molecule has 0 amide bonds. The Hall–Kier alpha value is -0.320. The van der Waals surface area contributed by atoms with E-state index >= 15 is 0 Å². The molecule has 0 aromatic carbocycles. The number of unbranched alkanes of at least 4 members (excludes halogenated alkanes) is 2. The van der Waals surface area contributed by atoms with E-state index in [-0.39, 0.29) is 24.0 Å². The van der Waals surface area contributed by atoms with Gasteiger partial charge in [0.05, 0.1) is 0 Å². The van der Waals surface area contributed by atoms with E-state index < -0.39 is 0 Å². The van der Waals surface area contributed by atoms with E-state index in [1.54, 1.807) is 0 Å².